The van der Waals surface area contributed by atoms with Gasteiger partial charge in [0.25, 0.3) is 0 Å². The molecule has 0 aliphatic carbocycles. The van der Waals surface area contributed by atoms with Gasteiger partial charge < -0.3 is 9.47 Å². The van der Waals surface area contributed by atoms with Crippen LogP contribution in [0.4, 0.5) is 0 Å². The highest BCUT2D eigenvalue weighted by Crippen LogP contribution is 2.10. The fourth-order valence-electron chi connectivity index (χ4n) is 2.05. The van der Waals surface area contributed by atoms with Crippen molar-refractivity contribution in [2.24, 2.45) is 0 Å². The number of carbonyl (C=O) groups is 2. The Morgan fingerprint density at radius 2 is 1.26 bits per heavy atom. The number of hydrogen-bond donors (Lipinski definition) is 0. The first-order valence-corrected chi connectivity index (χ1v) is 7.48. The third kappa shape index (κ3) is 6.14. The first-order chi connectivity index (χ1) is 11.1. The zero-order valence-corrected chi connectivity index (χ0v) is 13.1. The Kier molecular flexibility index (Phi) is 6.66. The summed E-state index contributed by atoms with van der Waals surface area (Å²) in [4.78, 5) is 23.3. The lowest BCUT2D eigenvalue weighted by Crippen LogP contribution is -2.28. The number of Topliss-reactive ketones (excluding diaryl/α,β-unsaturated/α-hetero) is 2. The highest BCUT2D eigenvalue weighted by molar-refractivity contribution is 5.99. The van der Waals surface area contributed by atoms with Gasteiger partial charge in [-0.05, 0) is 18.1 Å². The van der Waals surface area contributed by atoms with Crippen LogP contribution in [0.15, 0.2) is 60.7 Å². The van der Waals surface area contributed by atoms with Crippen molar-refractivity contribution in [3.63, 3.8) is 0 Å². The third-order valence-electron chi connectivity index (χ3n) is 3.17. The summed E-state index contributed by atoms with van der Waals surface area (Å²) in [5, 5.41) is 0. The molecule has 0 aliphatic rings. The van der Waals surface area contributed by atoms with Gasteiger partial charge in [0.1, 0.15) is 5.78 Å². The molecule has 0 fully saturated rings. The largest absolute Gasteiger partial charge is 0.341 e. The van der Waals surface area contributed by atoms with Crippen molar-refractivity contribution in [2.75, 3.05) is 0 Å². The Labute approximate surface area is 136 Å². The molecule has 2 aromatic carbocycles. The van der Waals surface area contributed by atoms with Crippen LogP contribution in [0.1, 0.15) is 24.5 Å². The minimum absolute atomic E-state index is 0.186. The van der Waals surface area contributed by atoms with Gasteiger partial charge in [-0.3, -0.25) is 9.59 Å². The van der Waals surface area contributed by atoms with Gasteiger partial charge in [-0.1, -0.05) is 60.7 Å². The zero-order chi connectivity index (χ0) is 16.5. The molecule has 0 atom stereocenters. The van der Waals surface area contributed by atoms with E-state index in [9.17, 15) is 9.59 Å². The molecule has 23 heavy (non-hydrogen) atoms. The summed E-state index contributed by atoms with van der Waals surface area (Å²) < 4.78 is 11.2. The lowest BCUT2D eigenvalue weighted by Gasteiger charge is -2.17. The molecule has 2 rings (SSSR count). The molecular weight excluding hydrogens is 292 g/mol. The van der Waals surface area contributed by atoms with Crippen molar-refractivity contribution in [2.45, 2.75) is 32.8 Å². The maximum atomic E-state index is 12.1. The van der Waals surface area contributed by atoms with E-state index < -0.39 is 6.29 Å². The van der Waals surface area contributed by atoms with Gasteiger partial charge in [0, 0.05) is 0 Å². The van der Waals surface area contributed by atoms with Crippen LogP contribution in [0.25, 0.3) is 0 Å². The predicted molar refractivity (Wildman–Crippen MR) is 86.6 cm³/mol. The van der Waals surface area contributed by atoms with Crippen molar-refractivity contribution >= 4 is 11.6 Å². The highest BCUT2D eigenvalue weighted by atomic mass is 16.7. The van der Waals surface area contributed by atoms with Gasteiger partial charge in [-0.25, -0.2) is 0 Å². The fourth-order valence-corrected chi connectivity index (χ4v) is 2.05. The Morgan fingerprint density at radius 1 is 0.826 bits per heavy atom. The number of hydrogen-bond acceptors (Lipinski definition) is 4. The Bertz CT molecular complexity index is 579. The van der Waals surface area contributed by atoms with Crippen LogP contribution in [0, 0.1) is 0 Å². The van der Waals surface area contributed by atoms with Crippen LogP contribution < -0.4 is 0 Å². The molecule has 0 aromatic heterocycles. The fraction of sp³-hybridized carbons (Fsp3) is 0.263. The summed E-state index contributed by atoms with van der Waals surface area (Å²) in [5.41, 5.74) is 1.88. The van der Waals surface area contributed by atoms with Crippen molar-refractivity contribution in [1.82, 2.24) is 0 Å². The van der Waals surface area contributed by atoms with Gasteiger partial charge in [0.05, 0.1) is 19.6 Å². The normalized spacial score (nSPS) is 10.7. The van der Waals surface area contributed by atoms with E-state index in [-0.39, 0.29) is 31.2 Å². The molecule has 0 saturated carbocycles. The van der Waals surface area contributed by atoms with Gasteiger partial charge in [0.15, 0.2) is 5.78 Å². The number of rotatable bonds is 9. The molecular formula is C19H20O4. The summed E-state index contributed by atoms with van der Waals surface area (Å²) in [6.07, 6.45) is -1.23. The molecule has 0 bridgehead atoms. The lowest BCUT2D eigenvalue weighted by atomic mass is 10.2. The summed E-state index contributed by atoms with van der Waals surface area (Å²) >= 11 is 0. The zero-order valence-electron chi connectivity index (χ0n) is 13.1. The van der Waals surface area contributed by atoms with E-state index in [0.717, 1.165) is 11.1 Å². The molecule has 0 spiro atoms. The van der Waals surface area contributed by atoms with E-state index in [0.29, 0.717) is 0 Å². The van der Waals surface area contributed by atoms with E-state index in [1.165, 1.54) is 6.92 Å². The molecule has 4 nitrogen and oxygen atoms in total. The van der Waals surface area contributed by atoms with Gasteiger partial charge in [-0.15, -0.1) is 0 Å². The first-order valence-electron chi connectivity index (χ1n) is 7.48. The average Bonchev–Trinajstić information content (AvgIpc) is 2.56. The summed E-state index contributed by atoms with van der Waals surface area (Å²) in [6.45, 7) is 1.89. The summed E-state index contributed by atoms with van der Waals surface area (Å²) in [7, 11) is 0. The average molecular weight is 312 g/mol. The van der Waals surface area contributed by atoms with E-state index in [4.69, 9.17) is 9.47 Å². The summed E-state index contributed by atoms with van der Waals surface area (Å²) in [5.74, 6) is -0.559. The van der Waals surface area contributed by atoms with E-state index in [2.05, 4.69) is 0 Å². The predicted octanol–water partition coefficient (Wildman–Crippen LogP) is 3.29. The van der Waals surface area contributed by atoms with Gasteiger partial charge in [-0.2, -0.15) is 0 Å². The molecule has 0 unspecified atom stereocenters. The molecule has 0 heterocycles. The molecule has 0 radical (unpaired) electrons. The highest BCUT2D eigenvalue weighted by Gasteiger charge is 2.21. The number of ether oxygens (including phenoxy) is 2. The number of carbonyl (C=O) groups excluding carboxylic acids is 2. The third-order valence-corrected chi connectivity index (χ3v) is 3.17. The number of ketones is 2. The quantitative estimate of drug-likeness (QED) is 0.526. The summed E-state index contributed by atoms with van der Waals surface area (Å²) in [6, 6.07) is 19.0. The minimum Gasteiger partial charge on any atom is -0.341 e. The van der Waals surface area contributed by atoms with E-state index in [1.54, 1.807) is 0 Å². The van der Waals surface area contributed by atoms with Crippen molar-refractivity contribution in [3.05, 3.63) is 71.8 Å². The molecule has 2 aromatic rings. The molecule has 0 saturated heterocycles. The maximum absolute atomic E-state index is 12.1. The van der Waals surface area contributed by atoms with Crippen LogP contribution >= 0.6 is 0 Å². The Balaban J connectivity index is 1.96. The van der Waals surface area contributed by atoms with E-state index in [1.807, 2.05) is 60.7 Å². The SMILES string of the molecule is CC(=O)CC(=O)C(OCc1ccccc1)OCc1ccccc1. The van der Waals surface area contributed by atoms with Crippen LogP contribution in [0.3, 0.4) is 0 Å². The Morgan fingerprint density at radius 3 is 1.65 bits per heavy atom. The maximum Gasteiger partial charge on any atom is 0.218 e. The molecule has 120 valence electrons. The smallest absolute Gasteiger partial charge is 0.218 e. The van der Waals surface area contributed by atoms with Crippen LogP contribution in [-0.2, 0) is 32.3 Å². The second kappa shape index (κ2) is 8.98. The van der Waals surface area contributed by atoms with Crippen molar-refractivity contribution in [3.8, 4) is 0 Å². The first kappa shape index (κ1) is 17.1. The Hall–Kier alpha value is -2.30. The van der Waals surface area contributed by atoms with Gasteiger partial charge >= 0.3 is 0 Å². The van der Waals surface area contributed by atoms with Crippen LogP contribution in [-0.4, -0.2) is 17.9 Å². The topological polar surface area (TPSA) is 52.6 Å². The molecule has 4 heteroatoms. The monoisotopic (exact) mass is 312 g/mol. The van der Waals surface area contributed by atoms with E-state index >= 15 is 0 Å². The van der Waals surface area contributed by atoms with Crippen LogP contribution in [0.2, 0.25) is 0 Å². The second-order valence-electron chi connectivity index (χ2n) is 5.27. The number of benzene rings is 2. The molecule has 0 amide bonds. The van der Waals surface area contributed by atoms with Gasteiger partial charge in [0.2, 0.25) is 6.29 Å². The minimum atomic E-state index is -1.04. The van der Waals surface area contributed by atoms with Crippen molar-refractivity contribution < 1.29 is 19.1 Å². The van der Waals surface area contributed by atoms with Crippen molar-refractivity contribution in [1.29, 1.82) is 0 Å². The molecule has 0 N–H and O–H groups in total. The molecule has 0 aliphatic heterocycles. The standard InChI is InChI=1S/C19H20O4/c1-15(20)12-18(21)19(22-13-16-8-4-2-5-9-16)23-14-17-10-6-3-7-11-17/h2-11,19H,12-14H2,1H3. The van der Waals surface area contributed by atoms with Crippen LogP contribution in [0.5, 0.6) is 0 Å². The second-order valence-corrected chi connectivity index (χ2v) is 5.27. The lowest BCUT2D eigenvalue weighted by molar-refractivity contribution is -0.177.